The number of ketones is 1. The summed E-state index contributed by atoms with van der Waals surface area (Å²) in [5.74, 6) is -1.77. The minimum atomic E-state index is -0.770. The van der Waals surface area contributed by atoms with Crippen LogP contribution in [0.25, 0.3) is 0 Å². The lowest BCUT2D eigenvalue weighted by atomic mass is 9.85. The van der Waals surface area contributed by atoms with Gasteiger partial charge in [-0.25, -0.2) is 0 Å². The van der Waals surface area contributed by atoms with Crippen molar-refractivity contribution in [1.29, 1.82) is 0 Å². The zero-order chi connectivity index (χ0) is 19.1. The third-order valence-corrected chi connectivity index (χ3v) is 5.60. The number of carbonyl (C=O) groups excluding carboxylic acids is 4. The number of Topliss-reactive ketones (excluding diaryl/α,β-unsaturated/α-hetero) is 1. The molecule has 1 aromatic carbocycles. The van der Waals surface area contributed by atoms with E-state index in [1.807, 2.05) is 12.2 Å². The van der Waals surface area contributed by atoms with Crippen molar-refractivity contribution in [2.45, 2.75) is 6.42 Å². The second kappa shape index (κ2) is 6.64. The van der Waals surface area contributed by atoms with Crippen molar-refractivity contribution >= 4 is 23.6 Å². The lowest BCUT2D eigenvalue weighted by Gasteiger charge is -2.16. The van der Waals surface area contributed by atoms with Crippen LogP contribution in [0.2, 0.25) is 0 Å². The lowest BCUT2D eigenvalue weighted by Crippen LogP contribution is -2.38. The summed E-state index contributed by atoms with van der Waals surface area (Å²) in [4.78, 5) is 50.3. The number of rotatable bonds is 6. The largest absolute Gasteiger partial charge is 0.497 e. The van der Waals surface area contributed by atoms with E-state index in [4.69, 9.17) is 9.47 Å². The molecule has 0 unspecified atom stereocenters. The molecule has 1 heterocycles. The summed E-state index contributed by atoms with van der Waals surface area (Å²) in [7, 11) is 1.49. The highest BCUT2D eigenvalue weighted by Gasteiger charge is 2.59. The van der Waals surface area contributed by atoms with Crippen molar-refractivity contribution in [3.05, 3.63) is 42.0 Å². The van der Waals surface area contributed by atoms with Crippen molar-refractivity contribution in [3.63, 3.8) is 0 Å². The van der Waals surface area contributed by atoms with Gasteiger partial charge in [0.1, 0.15) is 12.3 Å². The minimum absolute atomic E-state index is 0.0899. The van der Waals surface area contributed by atoms with Crippen molar-refractivity contribution < 1.29 is 28.7 Å². The number of hydrogen-bond acceptors (Lipinski definition) is 6. The van der Waals surface area contributed by atoms with Crippen LogP contribution in [0, 0.1) is 23.7 Å². The summed E-state index contributed by atoms with van der Waals surface area (Å²) in [5, 5.41) is 0. The van der Waals surface area contributed by atoms with E-state index in [-0.39, 0.29) is 41.3 Å². The predicted octanol–water partition coefficient (Wildman–Crippen LogP) is 1.23. The Morgan fingerprint density at radius 1 is 1.11 bits per heavy atom. The first-order valence-corrected chi connectivity index (χ1v) is 8.86. The smallest absolute Gasteiger partial charge is 0.326 e. The first-order chi connectivity index (χ1) is 13.0. The van der Waals surface area contributed by atoms with E-state index in [9.17, 15) is 19.2 Å². The molecule has 27 heavy (non-hydrogen) atoms. The number of likely N-dealkylation sites (tertiary alicyclic amines) is 1. The summed E-state index contributed by atoms with van der Waals surface area (Å²) >= 11 is 0. The third kappa shape index (κ3) is 2.93. The Morgan fingerprint density at radius 2 is 1.78 bits per heavy atom. The molecule has 1 aliphatic heterocycles. The van der Waals surface area contributed by atoms with Gasteiger partial charge in [0.05, 0.1) is 18.9 Å². The van der Waals surface area contributed by atoms with Crippen molar-refractivity contribution in [1.82, 2.24) is 4.90 Å². The lowest BCUT2D eigenvalue weighted by molar-refractivity contribution is -0.152. The molecule has 0 radical (unpaired) electrons. The zero-order valence-electron chi connectivity index (χ0n) is 14.8. The van der Waals surface area contributed by atoms with Gasteiger partial charge in [-0.05, 0) is 30.4 Å². The molecule has 1 saturated heterocycles. The fourth-order valence-corrected chi connectivity index (χ4v) is 4.32. The topological polar surface area (TPSA) is 90.0 Å². The number of allylic oxidation sites excluding steroid dienone is 2. The first kappa shape index (κ1) is 17.5. The van der Waals surface area contributed by atoms with Gasteiger partial charge in [-0.15, -0.1) is 0 Å². The van der Waals surface area contributed by atoms with Crippen LogP contribution in [0.5, 0.6) is 5.75 Å². The van der Waals surface area contributed by atoms with Gasteiger partial charge in [-0.1, -0.05) is 24.3 Å². The maximum atomic E-state index is 12.5. The monoisotopic (exact) mass is 369 g/mol. The maximum absolute atomic E-state index is 12.5. The van der Waals surface area contributed by atoms with Crippen molar-refractivity contribution in [3.8, 4) is 5.75 Å². The number of nitrogens with zero attached hydrogens (tertiary/aromatic N) is 1. The first-order valence-electron chi connectivity index (χ1n) is 8.86. The van der Waals surface area contributed by atoms with Gasteiger partial charge in [0.15, 0.2) is 12.4 Å². The van der Waals surface area contributed by atoms with E-state index in [1.54, 1.807) is 24.3 Å². The van der Waals surface area contributed by atoms with Gasteiger partial charge >= 0.3 is 5.97 Å². The number of fused-ring (bicyclic) bond motifs is 5. The Hall–Kier alpha value is -2.96. The van der Waals surface area contributed by atoms with Gasteiger partial charge < -0.3 is 9.47 Å². The molecular weight excluding hydrogens is 350 g/mol. The Bertz CT molecular complexity index is 830. The molecule has 1 saturated carbocycles. The van der Waals surface area contributed by atoms with E-state index < -0.39 is 19.1 Å². The van der Waals surface area contributed by atoms with Crippen molar-refractivity contribution in [2.75, 3.05) is 20.3 Å². The number of benzene rings is 1. The van der Waals surface area contributed by atoms with Crippen LogP contribution in [-0.2, 0) is 19.1 Å². The predicted molar refractivity (Wildman–Crippen MR) is 92.7 cm³/mol. The molecule has 2 bridgehead atoms. The average Bonchev–Trinajstić information content (AvgIpc) is 3.36. The molecule has 0 aromatic heterocycles. The Labute approximate surface area is 155 Å². The van der Waals surface area contributed by atoms with Gasteiger partial charge in [0.25, 0.3) is 0 Å². The number of methoxy groups -OCH3 is 1. The van der Waals surface area contributed by atoms with E-state index in [0.717, 1.165) is 11.3 Å². The summed E-state index contributed by atoms with van der Waals surface area (Å²) in [5.41, 5.74) is 0.354. The Kier molecular flexibility index (Phi) is 4.30. The highest BCUT2D eigenvalue weighted by Crippen LogP contribution is 2.52. The number of ether oxygens (including phenoxy) is 2. The van der Waals surface area contributed by atoms with Gasteiger partial charge in [0.2, 0.25) is 11.8 Å². The van der Waals surface area contributed by atoms with Gasteiger partial charge in [-0.3, -0.25) is 24.1 Å². The number of esters is 1. The third-order valence-electron chi connectivity index (χ3n) is 5.60. The highest BCUT2D eigenvalue weighted by molar-refractivity contribution is 6.08. The van der Waals surface area contributed by atoms with Gasteiger partial charge in [0, 0.05) is 5.56 Å². The molecule has 0 N–H and O–H groups in total. The van der Waals surface area contributed by atoms with Crippen LogP contribution in [0.1, 0.15) is 16.8 Å². The second-order valence-electron chi connectivity index (χ2n) is 7.08. The molecule has 7 nitrogen and oxygen atoms in total. The summed E-state index contributed by atoms with van der Waals surface area (Å²) in [6.45, 7) is -0.905. The molecule has 0 spiro atoms. The van der Waals surface area contributed by atoms with E-state index in [0.29, 0.717) is 11.3 Å². The zero-order valence-corrected chi connectivity index (χ0v) is 14.8. The van der Waals surface area contributed by atoms with E-state index in [1.165, 1.54) is 7.11 Å². The van der Waals surface area contributed by atoms with Crippen LogP contribution < -0.4 is 4.74 Å². The molecular formula is C20H19NO6. The minimum Gasteiger partial charge on any atom is -0.497 e. The number of imide groups is 1. The maximum Gasteiger partial charge on any atom is 0.326 e. The highest BCUT2D eigenvalue weighted by atomic mass is 16.5. The van der Waals surface area contributed by atoms with Crippen LogP contribution in [0.3, 0.4) is 0 Å². The standard InChI is InChI=1S/C20H19NO6/c1-26-14-4-2-3-11(8-14)15(22)10-27-16(23)9-21-19(24)17-12-5-6-13(7-12)18(17)20(21)25/h2-6,8,12-13,17-18H,7,9-10H2,1H3/t12-,13+,17-,18+. The number of amides is 2. The summed E-state index contributed by atoms with van der Waals surface area (Å²) in [6.07, 6.45) is 4.82. The number of carbonyl (C=O) groups is 4. The van der Waals surface area contributed by atoms with Crippen LogP contribution >= 0.6 is 0 Å². The molecule has 2 fully saturated rings. The molecule has 1 aromatic rings. The van der Waals surface area contributed by atoms with E-state index in [2.05, 4.69) is 0 Å². The second-order valence-corrected chi connectivity index (χ2v) is 7.08. The van der Waals surface area contributed by atoms with E-state index >= 15 is 0 Å². The Balaban J connectivity index is 1.34. The molecule has 4 rings (SSSR count). The molecule has 2 aliphatic carbocycles. The summed E-state index contributed by atoms with van der Waals surface area (Å²) in [6, 6.07) is 6.51. The molecule has 7 heteroatoms. The fraction of sp³-hybridized carbons (Fsp3) is 0.400. The van der Waals surface area contributed by atoms with Crippen LogP contribution in [0.15, 0.2) is 36.4 Å². The quantitative estimate of drug-likeness (QED) is 0.324. The van der Waals surface area contributed by atoms with Gasteiger partial charge in [-0.2, -0.15) is 0 Å². The fourth-order valence-electron chi connectivity index (χ4n) is 4.32. The van der Waals surface area contributed by atoms with Crippen LogP contribution in [-0.4, -0.2) is 48.7 Å². The summed E-state index contributed by atoms with van der Waals surface area (Å²) < 4.78 is 10.0. The average molecular weight is 369 g/mol. The van der Waals surface area contributed by atoms with Crippen LogP contribution in [0.4, 0.5) is 0 Å². The molecule has 4 atom stereocenters. The molecule has 3 aliphatic rings. The van der Waals surface area contributed by atoms with Crippen molar-refractivity contribution in [2.24, 2.45) is 23.7 Å². The molecule has 2 amide bonds. The SMILES string of the molecule is COc1cccc(C(=O)COC(=O)CN2C(=O)[C@@H]3[C@H](C2=O)[C@@H]2C=C[C@H]3C2)c1. The normalized spacial score (nSPS) is 27.8. The number of hydrogen-bond donors (Lipinski definition) is 0. The Morgan fingerprint density at radius 3 is 2.41 bits per heavy atom. The molecule has 140 valence electrons.